The minimum Gasteiger partial charge on any atom is -0.497 e. The molecule has 1 aliphatic carbocycles. The van der Waals surface area contributed by atoms with E-state index in [1.54, 1.807) is 7.11 Å². The highest BCUT2D eigenvalue weighted by Crippen LogP contribution is 2.35. The number of ether oxygens (including phenoxy) is 1. The number of H-pyrrole nitrogens is 1. The number of aryl methyl sites for hydroxylation is 1. The molecule has 2 aliphatic rings. The molecule has 0 radical (unpaired) electrons. The number of carbonyl (C=O) groups excluding carboxylic acids is 1. The number of fused-ring (bicyclic) bond motifs is 3. The van der Waals surface area contributed by atoms with Crippen molar-refractivity contribution in [2.75, 3.05) is 13.7 Å². The number of piperidine rings is 1. The van der Waals surface area contributed by atoms with Gasteiger partial charge in [-0.3, -0.25) is 4.79 Å². The molecule has 1 aromatic carbocycles. The van der Waals surface area contributed by atoms with Crippen LogP contribution in [0.25, 0.3) is 10.9 Å². The maximum absolute atomic E-state index is 13.2. The van der Waals surface area contributed by atoms with Crippen LogP contribution in [0.2, 0.25) is 0 Å². The molecule has 0 saturated carbocycles. The Labute approximate surface area is 149 Å². The number of nitrogens with one attached hydrogen (secondary N) is 1. The summed E-state index contributed by atoms with van der Waals surface area (Å²) in [6.07, 6.45) is 7.45. The molecule has 2 heterocycles. The predicted molar refractivity (Wildman–Crippen MR) is 100 cm³/mol. The molecule has 2 aromatic rings. The van der Waals surface area contributed by atoms with Gasteiger partial charge in [-0.05, 0) is 68.7 Å². The fourth-order valence-electron chi connectivity index (χ4n) is 4.68. The Kier molecular flexibility index (Phi) is 4.45. The summed E-state index contributed by atoms with van der Waals surface area (Å²) < 4.78 is 5.39. The number of hydrogen-bond donors (Lipinski definition) is 1. The highest BCUT2D eigenvalue weighted by molar-refractivity contribution is 5.88. The van der Waals surface area contributed by atoms with E-state index in [1.165, 1.54) is 29.5 Å². The van der Waals surface area contributed by atoms with Crippen molar-refractivity contribution in [1.82, 2.24) is 9.88 Å². The summed E-state index contributed by atoms with van der Waals surface area (Å²) in [5.74, 6) is 1.39. The van der Waals surface area contributed by atoms with Crippen molar-refractivity contribution in [2.45, 2.75) is 57.9 Å². The van der Waals surface area contributed by atoms with Gasteiger partial charge < -0.3 is 14.6 Å². The van der Waals surface area contributed by atoms with E-state index in [9.17, 15) is 4.79 Å². The summed E-state index contributed by atoms with van der Waals surface area (Å²) in [5.41, 5.74) is 3.78. The van der Waals surface area contributed by atoms with E-state index in [-0.39, 0.29) is 5.92 Å². The average Bonchev–Trinajstić information content (AvgIpc) is 3.04. The van der Waals surface area contributed by atoms with Gasteiger partial charge in [0.15, 0.2) is 0 Å². The molecular formula is C21H28N2O2. The number of hydrogen-bond acceptors (Lipinski definition) is 2. The third-order valence-corrected chi connectivity index (χ3v) is 6.13. The third kappa shape index (κ3) is 2.92. The summed E-state index contributed by atoms with van der Waals surface area (Å²) in [4.78, 5) is 18.9. The second-order valence-corrected chi connectivity index (χ2v) is 7.52. The zero-order chi connectivity index (χ0) is 17.4. The van der Waals surface area contributed by atoms with Gasteiger partial charge >= 0.3 is 0 Å². The second-order valence-electron chi connectivity index (χ2n) is 7.52. The Hall–Kier alpha value is -1.97. The number of aromatic amines is 1. The van der Waals surface area contributed by atoms with Gasteiger partial charge in [-0.15, -0.1) is 0 Å². The number of benzene rings is 1. The predicted octanol–water partition coefficient (Wildman–Crippen LogP) is 4.07. The minimum absolute atomic E-state index is 0.129. The molecule has 2 atom stereocenters. The van der Waals surface area contributed by atoms with Crippen molar-refractivity contribution in [1.29, 1.82) is 0 Å². The summed E-state index contributed by atoms with van der Waals surface area (Å²) in [7, 11) is 1.70. The largest absolute Gasteiger partial charge is 0.497 e. The van der Waals surface area contributed by atoms with Gasteiger partial charge in [0.25, 0.3) is 0 Å². The van der Waals surface area contributed by atoms with Crippen LogP contribution in [0.5, 0.6) is 5.75 Å². The summed E-state index contributed by atoms with van der Waals surface area (Å²) in [6.45, 7) is 3.16. The third-order valence-electron chi connectivity index (χ3n) is 6.13. The van der Waals surface area contributed by atoms with Crippen LogP contribution in [-0.2, 0) is 17.6 Å². The maximum Gasteiger partial charge on any atom is 0.226 e. The topological polar surface area (TPSA) is 45.3 Å². The first kappa shape index (κ1) is 16.5. The van der Waals surface area contributed by atoms with E-state index in [0.717, 1.165) is 49.9 Å². The Morgan fingerprint density at radius 2 is 2.20 bits per heavy atom. The number of nitrogens with zero attached hydrogens (tertiary/aromatic N) is 1. The molecule has 134 valence electrons. The SMILES string of the molecule is CCC1CCCCN1C(=O)C1CCc2[nH]c3ccc(OC)cc3c2C1. The Morgan fingerprint density at radius 3 is 3.00 bits per heavy atom. The smallest absolute Gasteiger partial charge is 0.226 e. The molecule has 1 saturated heterocycles. The zero-order valence-corrected chi connectivity index (χ0v) is 15.3. The number of rotatable bonds is 3. The number of likely N-dealkylation sites (tertiary alicyclic amines) is 1. The minimum atomic E-state index is 0.129. The molecule has 4 rings (SSSR count). The first-order chi connectivity index (χ1) is 12.2. The van der Waals surface area contributed by atoms with Crippen LogP contribution in [0.3, 0.4) is 0 Å². The quantitative estimate of drug-likeness (QED) is 0.915. The van der Waals surface area contributed by atoms with Gasteiger partial charge in [-0.25, -0.2) is 0 Å². The van der Waals surface area contributed by atoms with Crippen LogP contribution in [-0.4, -0.2) is 35.5 Å². The molecular weight excluding hydrogens is 312 g/mol. The molecule has 1 N–H and O–H groups in total. The lowest BCUT2D eigenvalue weighted by Crippen LogP contribution is -2.47. The molecule has 0 spiro atoms. The second kappa shape index (κ2) is 6.74. The summed E-state index contributed by atoms with van der Waals surface area (Å²) in [5, 5.41) is 1.22. The highest BCUT2D eigenvalue weighted by atomic mass is 16.5. The van der Waals surface area contributed by atoms with Crippen LogP contribution in [0.1, 0.15) is 50.3 Å². The Balaban J connectivity index is 1.60. The lowest BCUT2D eigenvalue weighted by atomic mass is 9.84. The monoisotopic (exact) mass is 340 g/mol. The Bertz CT molecular complexity index is 780. The number of methoxy groups -OCH3 is 1. The molecule has 4 nitrogen and oxygen atoms in total. The van der Waals surface area contributed by atoms with Gasteiger partial charge in [0.05, 0.1) is 7.11 Å². The van der Waals surface area contributed by atoms with Crippen molar-refractivity contribution < 1.29 is 9.53 Å². The van der Waals surface area contributed by atoms with Crippen molar-refractivity contribution in [3.63, 3.8) is 0 Å². The standard InChI is InChI=1S/C21H28N2O2/c1-3-15-6-4-5-11-23(15)21(24)14-7-9-19-17(12-14)18-13-16(25-2)8-10-20(18)22-19/h8,10,13-15,22H,3-7,9,11-12H2,1-2H3. The molecule has 2 unspecified atom stereocenters. The summed E-state index contributed by atoms with van der Waals surface area (Å²) >= 11 is 0. The molecule has 25 heavy (non-hydrogen) atoms. The molecule has 0 bridgehead atoms. The summed E-state index contributed by atoms with van der Waals surface area (Å²) in [6, 6.07) is 6.63. The number of carbonyl (C=O) groups is 1. The normalized spacial score (nSPS) is 23.5. The van der Waals surface area contributed by atoms with Gasteiger partial charge in [0.2, 0.25) is 5.91 Å². The lowest BCUT2D eigenvalue weighted by Gasteiger charge is -2.38. The van der Waals surface area contributed by atoms with Gasteiger partial charge in [-0.1, -0.05) is 6.92 Å². The van der Waals surface area contributed by atoms with E-state index < -0.39 is 0 Å². The van der Waals surface area contributed by atoms with Crippen LogP contribution < -0.4 is 4.74 Å². The van der Waals surface area contributed by atoms with Crippen LogP contribution in [0, 0.1) is 5.92 Å². The highest BCUT2D eigenvalue weighted by Gasteiger charge is 2.33. The fourth-order valence-corrected chi connectivity index (χ4v) is 4.68. The first-order valence-electron chi connectivity index (χ1n) is 9.69. The average molecular weight is 340 g/mol. The van der Waals surface area contributed by atoms with Crippen molar-refractivity contribution in [2.24, 2.45) is 5.92 Å². The lowest BCUT2D eigenvalue weighted by molar-refractivity contribution is -0.139. The Morgan fingerprint density at radius 1 is 1.32 bits per heavy atom. The first-order valence-corrected chi connectivity index (χ1v) is 9.69. The molecule has 1 aromatic heterocycles. The van der Waals surface area contributed by atoms with Gasteiger partial charge in [0.1, 0.15) is 5.75 Å². The van der Waals surface area contributed by atoms with E-state index in [4.69, 9.17) is 4.74 Å². The van der Waals surface area contributed by atoms with Crippen molar-refractivity contribution in [3.8, 4) is 5.75 Å². The van der Waals surface area contributed by atoms with E-state index >= 15 is 0 Å². The van der Waals surface area contributed by atoms with E-state index in [2.05, 4.69) is 28.9 Å². The maximum atomic E-state index is 13.2. The van der Waals surface area contributed by atoms with Gasteiger partial charge in [-0.2, -0.15) is 0 Å². The molecule has 1 aliphatic heterocycles. The van der Waals surface area contributed by atoms with Crippen molar-refractivity contribution >= 4 is 16.8 Å². The fraction of sp³-hybridized carbons (Fsp3) is 0.571. The van der Waals surface area contributed by atoms with E-state index in [0.29, 0.717) is 11.9 Å². The zero-order valence-electron chi connectivity index (χ0n) is 15.3. The molecule has 1 amide bonds. The number of amides is 1. The van der Waals surface area contributed by atoms with Crippen molar-refractivity contribution in [3.05, 3.63) is 29.5 Å². The van der Waals surface area contributed by atoms with Crippen LogP contribution in [0.15, 0.2) is 18.2 Å². The molecule has 1 fully saturated rings. The molecule has 4 heteroatoms. The van der Waals surface area contributed by atoms with E-state index in [1.807, 2.05) is 6.07 Å². The van der Waals surface area contributed by atoms with Gasteiger partial charge in [0, 0.05) is 35.1 Å². The van der Waals surface area contributed by atoms with Crippen LogP contribution in [0.4, 0.5) is 0 Å². The number of aromatic nitrogens is 1. The van der Waals surface area contributed by atoms with Crippen LogP contribution >= 0.6 is 0 Å².